The molecule has 0 bridgehead atoms. The topological polar surface area (TPSA) is 49.8 Å². The number of rotatable bonds is 3. The number of hydrogen-bond donors (Lipinski definition) is 1. The number of carbonyl (C=O) groups is 1. The molecule has 1 unspecified atom stereocenters. The number of hydrogen-bond acceptors (Lipinski definition) is 3. The Hall–Kier alpha value is -1.62. The van der Waals surface area contributed by atoms with Gasteiger partial charge in [-0.15, -0.1) is 0 Å². The molecule has 2 rings (SSSR count). The molecule has 1 aromatic rings. The number of aliphatic hydroxyl groups is 1. The zero-order chi connectivity index (χ0) is 14.9. The first kappa shape index (κ1) is 14.8. The van der Waals surface area contributed by atoms with Gasteiger partial charge in [0, 0.05) is 12.1 Å². The Morgan fingerprint density at radius 1 is 1.50 bits per heavy atom. The van der Waals surface area contributed by atoms with Gasteiger partial charge in [-0.05, 0) is 44.9 Å². The van der Waals surface area contributed by atoms with Gasteiger partial charge in [0.05, 0.1) is 18.8 Å². The fourth-order valence-electron chi connectivity index (χ4n) is 2.70. The second-order valence-electron chi connectivity index (χ2n) is 5.66. The lowest BCUT2D eigenvalue weighted by molar-refractivity contribution is 0.000324. The van der Waals surface area contributed by atoms with Crippen LogP contribution in [0.3, 0.4) is 0 Å². The summed E-state index contributed by atoms with van der Waals surface area (Å²) < 4.78 is 18.3. The lowest BCUT2D eigenvalue weighted by atomic mass is 9.96. The van der Waals surface area contributed by atoms with Crippen LogP contribution in [0.1, 0.15) is 37.0 Å². The van der Waals surface area contributed by atoms with E-state index >= 15 is 0 Å². The van der Waals surface area contributed by atoms with Gasteiger partial charge in [-0.3, -0.25) is 4.79 Å². The average molecular weight is 281 g/mol. The molecule has 20 heavy (non-hydrogen) atoms. The van der Waals surface area contributed by atoms with Crippen molar-refractivity contribution in [3.63, 3.8) is 0 Å². The van der Waals surface area contributed by atoms with E-state index in [0.29, 0.717) is 12.1 Å². The Balaban J connectivity index is 2.27. The van der Waals surface area contributed by atoms with E-state index in [0.717, 1.165) is 12.8 Å². The largest absolute Gasteiger partial charge is 0.494 e. The first-order valence-electron chi connectivity index (χ1n) is 6.71. The number of ether oxygens (including phenoxy) is 1. The number of methoxy groups -OCH3 is 1. The molecule has 1 aliphatic heterocycles. The zero-order valence-electron chi connectivity index (χ0n) is 12.0. The summed E-state index contributed by atoms with van der Waals surface area (Å²) in [4.78, 5) is 14.2. The molecule has 1 saturated heterocycles. The lowest BCUT2D eigenvalue weighted by Gasteiger charge is -2.33. The molecule has 4 nitrogen and oxygen atoms in total. The second kappa shape index (κ2) is 5.40. The van der Waals surface area contributed by atoms with E-state index in [-0.39, 0.29) is 17.7 Å². The highest BCUT2D eigenvalue weighted by atomic mass is 19.1. The first-order chi connectivity index (χ1) is 9.34. The maximum atomic E-state index is 13.4. The monoisotopic (exact) mass is 281 g/mol. The van der Waals surface area contributed by atoms with E-state index in [1.807, 2.05) is 0 Å². The van der Waals surface area contributed by atoms with Crippen LogP contribution in [0.2, 0.25) is 0 Å². The summed E-state index contributed by atoms with van der Waals surface area (Å²) in [5.41, 5.74) is -0.574. The molecule has 1 aliphatic rings. The molecule has 0 spiro atoms. The van der Waals surface area contributed by atoms with Gasteiger partial charge in [-0.25, -0.2) is 4.39 Å². The summed E-state index contributed by atoms with van der Waals surface area (Å²) in [7, 11) is 1.36. The van der Waals surface area contributed by atoms with Crippen LogP contribution in [0.15, 0.2) is 18.2 Å². The third-order valence-corrected chi connectivity index (χ3v) is 3.73. The molecular formula is C15H20FNO3. The van der Waals surface area contributed by atoms with Crippen molar-refractivity contribution in [2.24, 2.45) is 0 Å². The van der Waals surface area contributed by atoms with Crippen LogP contribution in [0.25, 0.3) is 0 Å². The number of carbonyl (C=O) groups excluding carboxylic acids is 1. The standard InChI is InChI=1S/C15H20FNO3/c1-15(2,19)13-5-4-8-17(13)14(18)10-6-7-11(16)12(9-10)20-3/h6-7,9,13,19H,4-5,8H2,1-3H3. The molecule has 0 aliphatic carbocycles. The van der Waals surface area contributed by atoms with Crippen molar-refractivity contribution in [3.8, 4) is 5.75 Å². The van der Waals surface area contributed by atoms with Crippen molar-refractivity contribution in [3.05, 3.63) is 29.6 Å². The Morgan fingerprint density at radius 2 is 2.20 bits per heavy atom. The van der Waals surface area contributed by atoms with Crippen LogP contribution in [0.4, 0.5) is 4.39 Å². The van der Waals surface area contributed by atoms with Gasteiger partial charge in [0.2, 0.25) is 0 Å². The van der Waals surface area contributed by atoms with E-state index in [1.54, 1.807) is 18.7 Å². The van der Waals surface area contributed by atoms with Crippen LogP contribution in [0.5, 0.6) is 5.75 Å². The smallest absolute Gasteiger partial charge is 0.254 e. The molecule has 1 amide bonds. The molecule has 1 aromatic carbocycles. The number of halogens is 1. The third kappa shape index (κ3) is 2.77. The van der Waals surface area contributed by atoms with Gasteiger partial charge in [0.1, 0.15) is 0 Å². The van der Waals surface area contributed by atoms with Gasteiger partial charge < -0.3 is 14.7 Å². The highest BCUT2D eigenvalue weighted by Gasteiger charge is 2.38. The van der Waals surface area contributed by atoms with E-state index in [9.17, 15) is 14.3 Å². The van der Waals surface area contributed by atoms with Gasteiger partial charge >= 0.3 is 0 Å². The highest BCUT2D eigenvalue weighted by molar-refractivity contribution is 5.95. The number of amides is 1. The predicted molar refractivity (Wildman–Crippen MR) is 73.3 cm³/mol. The average Bonchev–Trinajstić information content (AvgIpc) is 2.87. The molecule has 110 valence electrons. The van der Waals surface area contributed by atoms with E-state index in [1.165, 1.54) is 25.3 Å². The number of benzene rings is 1. The molecule has 5 heteroatoms. The summed E-state index contributed by atoms with van der Waals surface area (Å²) in [5, 5.41) is 10.1. The van der Waals surface area contributed by atoms with Crippen LogP contribution >= 0.6 is 0 Å². The SMILES string of the molecule is COc1cc(C(=O)N2CCCC2C(C)(C)O)ccc1F. The molecule has 1 heterocycles. The van der Waals surface area contributed by atoms with Crippen LogP contribution in [-0.4, -0.2) is 41.2 Å². The maximum Gasteiger partial charge on any atom is 0.254 e. The van der Waals surface area contributed by atoms with Crippen molar-refractivity contribution in [2.45, 2.75) is 38.3 Å². The summed E-state index contributed by atoms with van der Waals surface area (Å²) in [6, 6.07) is 3.85. The van der Waals surface area contributed by atoms with Gasteiger partial charge in [-0.1, -0.05) is 0 Å². The summed E-state index contributed by atoms with van der Waals surface area (Å²) in [6.45, 7) is 4.01. The van der Waals surface area contributed by atoms with Crippen molar-refractivity contribution in [1.82, 2.24) is 4.90 Å². The minimum atomic E-state index is -0.948. The van der Waals surface area contributed by atoms with Crippen molar-refractivity contribution >= 4 is 5.91 Å². The van der Waals surface area contributed by atoms with Crippen LogP contribution < -0.4 is 4.74 Å². The number of nitrogens with zero attached hydrogens (tertiary/aromatic N) is 1. The van der Waals surface area contributed by atoms with Gasteiger partial charge in [0.15, 0.2) is 11.6 Å². The van der Waals surface area contributed by atoms with Crippen molar-refractivity contribution in [2.75, 3.05) is 13.7 Å². The summed E-state index contributed by atoms with van der Waals surface area (Å²) in [5.74, 6) is -0.646. The highest BCUT2D eigenvalue weighted by Crippen LogP contribution is 2.29. The Morgan fingerprint density at radius 3 is 2.80 bits per heavy atom. The molecule has 0 aromatic heterocycles. The molecule has 1 atom stereocenters. The Labute approximate surface area is 118 Å². The third-order valence-electron chi connectivity index (χ3n) is 3.73. The minimum absolute atomic E-state index is 0.0508. The molecular weight excluding hydrogens is 261 g/mol. The molecule has 0 saturated carbocycles. The van der Waals surface area contributed by atoms with Gasteiger partial charge in [0.25, 0.3) is 5.91 Å². The molecule has 1 fully saturated rings. The number of likely N-dealkylation sites (tertiary alicyclic amines) is 1. The van der Waals surface area contributed by atoms with E-state index in [2.05, 4.69) is 0 Å². The summed E-state index contributed by atoms with van der Waals surface area (Å²) in [6.07, 6.45) is 1.63. The summed E-state index contributed by atoms with van der Waals surface area (Å²) >= 11 is 0. The molecule has 0 radical (unpaired) electrons. The quantitative estimate of drug-likeness (QED) is 0.924. The maximum absolute atomic E-state index is 13.4. The Kier molecular flexibility index (Phi) is 3.99. The van der Waals surface area contributed by atoms with Crippen LogP contribution in [0, 0.1) is 5.82 Å². The van der Waals surface area contributed by atoms with E-state index in [4.69, 9.17) is 4.74 Å². The van der Waals surface area contributed by atoms with E-state index < -0.39 is 11.4 Å². The van der Waals surface area contributed by atoms with Gasteiger partial charge in [-0.2, -0.15) is 0 Å². The van der Waals surface area contributed by atoms with Crippen molar-refractivity contribution < 1.29 is 19.0 Å². The van der Waals surface area contributed by atoms with Crippen LogP contribution in [-0.2, 0) is 0 Å². The minimum Gasteiger partial charge on any atom is -0.494 e. The fourth-order valence-corrected chi connectivity index (χ4v) is 2.70. The second-order valence-corrected chi connectivity index (χ2v) is 5.66. The lowest BCUT2D eigenvalue weighted by Crippen LogP contribution is -2.48. The predicted octanol–water partition coefficient (Wildman–Crippen LogP) is 2.21. The fraction of sp³-hybridized carbons (Fsp3) is 0.533. The zero-order valence-corrected chi connectivity index (χ0v) is 12.0. The molecule has 1 N–H and O–H groups in total. The van der Waals surface area contributed by atoms with Crippen molar-refractivity contribution in [1.29, 1.82) is 0 Å². The first-order valence-corrected chi connectivity index (χ1v) is 6.71. The Bertz CT molecular complexity index is 510. The normalized spacial score (nSPS) is 19.2.